The van der Waals surface area contributed by atoms with Crippen LogP contribution in [0.5, 0.6) is 0 Å². The molecule has 0 spiro atoms. The summed E-state index contributed by atoms with van der Waals surface area (Å²) in [7, 11) is 0. The van der Waals surface area contributed by atoms with Crippen LogP contribution in [0.1, 0.15) is 21.8 Å². The van der Waals surface area contributed by atoms with Crippen LogP contribution < -0.4 is 10.6 Å². The Morgan fingerprint density at radius 3 is 3.00 bits per heavy atom. The highest BCUT2D eigenvalue weighted by molar-refractivity contribution is 6.31. The third kappa shape index (κ3) is 1.51. The van der Waals surface area contributed by atoms with Crippen LogP contribution >= 0.6 is 11.6 Å². The molecule has 1 fully saturated rings. The minimum absolute atomic E-state index is 0.00639. The predicted molar refractivity (Wildman–Crippen MR) is 62.9 cm³/mol. The van der Waals surface area contributed by atoms with Gasteiger partial charge in [-0.15, -0.1) is 0 Å². The summed E-state index contributed by atoms with van der Waals surface area (Å²) in [5.41, 5.74) is 1.87. The van der Waals surface area contributed by atoms with E-state index >= 15 is 0 Å². The highest BCUT2D eigenvalue weighted by atomic mass is 35.5. The molecule has 1 aromatic rings. The molecule has 16 heavy (non-hydrogen) atoms. The van der Waals surface area contributed by atoms with E-state index in [1.807, 2.05) is 12.1 Å². The minimum Gasteiger partial charge on any atom is -0.352 e. The summed E-state index contributed by atoms with van der Waals surface area (Å²) in [6, 6.07) is 5.63. The minimum atomic E-state index is 0.00639. The first kappa shape index (κ1) is 10.1. The van der Waals surface area contributed by atoms with E-state index in [9.17, 15) is 4.79 Å². The fourth-order valence-electron chi connectivity index (χ4n) is 2.68. The van der Waals surface area contributed by atoms with E-state index in [0.717, 1.165) is 30.8 Å². The molecule has 0 unspecified atom stereocenters. The van der Waals surface area contributed by atoms with Crippen molar-refractivity contribution in [3.05, 3.63) is 34.3 Å². The number of nitrogens with one attached hydrogen (secondary N) is 2. The third-order valence-electron chi connectivity index (χ3n) is 3.52. The predicted octanol–water partition coefficient (Wildman–Crippen LogP) is 1.39. The molecule has 3 rings (SSSR count). The van der Waals surface area contributed by atoms with Crippen molar-refractivity contribution in [2.45, 2.75) is 5.92 Å². The molecule has 2 aliphatic rings. The quantitative estimate of drug-likeness (QED) is 0.715. The summed E-state index contributed by atoms with van der Waals surface area (Å²) in [4.78, 5) is 11.9. The van der Waals surface area contributed by atoms with Crippen molar-refractivity contribution in [2.24, 2.45) is 5.92 Å². The molecule has 1 amide bonds. The molecule has 0 aliphatic carbocycles. The average molecular weight is 237 g/mol. The van der Waals surface area contributed by atoms with Gasteiger partial charge in [0.05, 0.1) is 0 Å². The van der Waals surface area contributed by atoms with Gasteiger partial charge in [0.1, 0.15) is 0 Å². The highest BCUT2D eigenvalue weighted by Crippen LogP contribution is 2.33. The molecule has 2 aliphatic heterocycles. The van der Waals surface area contributed by atoms with E-state index in [1.165, 1.54) is 0 Å². The molecule has 84 valence electrons. The molecule has 1 aromatic carbocycles. The number of benzene rings is 1. The Morgan fingerprint density at radius 2 is 2.12 bits per heavy atom. The Labute approximate surface area is 99.2 Å². The van der Waals surface area contributed by atoms with Crippen LogP contribution in [0.3, 0.4) is 0 Å². The zero-order valence-electron chi connectivity index (χ0n) is 8.79. The first-order valence-electron chi connectivity index (χ1n) is 5.54. The number of carbonyl (C=O) groups is 1. The first-order chi connectivity index (χ1) is 7.75. The van der Waals surface area contributed by atoms with Gasteiger partial charge in [-0.05, 0) is 23.6 Å². The zero-order chi connectivity index (χ0) is 11.1. The Hall–Kier alpha value is -1.06. The van der Waals surface area contributed by atoms with Gasteiger partial charge in [0.15, 0.2) is 0 Å². The van der Waals surface area contributed by atoms with E-state index in [1.54, 1.807) is 6.07 Å². The first-order valence-corrected chi connectivity index (χ1v) is 5.92. The smallest absolute Gasteiger partial charge is 0.251 e. The topological polar surface area (TPSA) is 41.1 Å². The normalized spacial score (nSPS) is 27.9. The number of carbonyl (C=O) groups excluding carboxylic acids is 1. The van der Waals surface area contributed by atoms with Gasteiger partial charge in [0, 0.05) is 36.1 Å². The van der Waals surface area contributed by atoms with Gasteiger partial charge in [-0.2, -0.15) is 0 Å². The summed E-state index contributed by atoms with van der Waals surface area (Å²) in [6.45, 7) is 2.68. The number of hydrogen-bond acceptors (Lipinski definition) is 2. The standard InChI is InChI=1S/C12H13ClN2O/c13-8-1-2-9-10(3-8)12(16)15-5-7-4-14-6-11(7)9/h1-3,7,11,14H,4-6H2,(H,15,16)/t7-,11+/m1/s1. The SMILES string of the molecule is O=C1NC[C@H]2CNC[C@@H]2c2ccc(Cl)cc21. The van der Waals surface area contributed by atoms with Gasteiger partial charge in [-0.25, -0.2) is 0 Å². The number of halogens is 1. The van der Waals surface area contributed by atoms with Crippen LogP contribution in [0, 0.1) is 5.92 Å². The Bertz CT molecular complexity index is 447. The zero-order valence-corrected chi connectivity index (χ0v) is 9.55. The summed E-state index contributed by atoms with van der Waals surface area (Å²) >= 11 is 5.94. The molecule has 3 nitrogen and oxygen atoms in total. The maximum Gasteiger partial charge on any atom is 0.251 e. The largest absolute Gasteiger partial charge is 0.352 e. The van der Waals surface area contributed by atoms with Crippen LogP contribution in [0.25, 0.3) is 0 Å². The molecular weight excluding hydrogens is 224 g/mol. The molecule has 0 bridgehead atoms. The summed E-state index contributed by atoms with van der Waals surface area (Å²) in [6.07, 6.45) is 0. The fraction of sp³-hybridized carbons (Fsp3) is 0.417. The van der Waals surface area contributed by atoms with E-state index in [-0.39, 0.29) is 5.91 Å². The second-order valence-corrected chi connectivity index (χ2v) is 4.90. The Morgan fingerprint density at radius 1 is 1.25 bits per heavy atom. The van der Waals surface area contributed by atoms with Crippen molar-refractivity contribution in [1.82, 2.24) is 10.6 Å². The van der Waals surface area contributed by atoms with Crippen molar-refractivity contribution in [2.75, 3.05) is 19.6 Å². The van der Waals surface area contributed by atoms with E-state index < -0.39 is 0 Å². The molecule has 0 radical (unpaired) electrons. The van der Waals surface area contributed by atoms with Crippen molar-refractivity contribution in [3.8, 4) is 0 Å². The molecular formula is C12H13ClN2O. The number of rotatable bonds is 0. The van der Waals surface area contributed by atoms with Gasteiger partial charge >= 0.3 is 0 Å². The average Bonchev–Trinajstić information content (AvgIpc) is 2.69. The lowest BCUT2D eigenvalue weighted by Crippen LogP contribution is -2.28. The molecule has 0 saturated carbocycles. The summed E-state index contributed by atoms with van der Waals surface area (Å²) < 4.78 is 0. The summed E-state index contributed by atoms with van der Waals surface area (Å²) in [5, 5.41) is 6.96. The maximum atomic E-state index is 11.9. The van der Waals surface area contributed by atoms with Gasteiger partial charge in [0.2, 0.25) is 0 Å². The van der Waals surface area contributed by atoms with Gasteiger partial charge < -0.3 is 10.6 Å². The molecule has 2 N–H and O–H groups in total. The van der Waals surface area contributed by atoms with Crippen molar-refractivity contribution in [1.29, 1.82) is 0 Å². The lowest BCUT2D eigenvalue weighted by molar-refractivity contribution is 0.0952. The van der Waals surface area contributed by atoms with Crippen LogP contribution in [-0.4, -0.2) is 25.5 Å². The Kier molecular flexibility index (Phi) is 2.37. The van der Waals surface area contributed by atoms with E-state index in [2.05, 4.69) is 10.6 Å². The van der Waals surface area contributed by atoms with Crippen LogP contribution in [0.15, 0.2) is 18.2 Å². The third-order valence-corrected chi connectivity index (χ3v) is 3.76. The Balaban J connectivity index is 2.12. The molecule has 0 aromatic heterocycles. The van der Waals surface area contributed by atoms with Gasteiger partial charge in [0.25, 0.3) is 5.91 Å². The lowest BCUT2D eigenvalue weighted by atomic mass is 9.87. The van der Waals surface area contributed by atoms with Gasteiger partial charge in [-0.3, -0.25) is 4.79 Å². The molecule has 4 heteroatoms. The van der Waals surface area contributed by atoms with Crippen molar-refractivity contribution < 1.29 is 4.79 Å². The fourth-order valence-corrected chi connectivity index (χ4v) is 2.85. The molecule has 2 atom stereocenters. The number of amides is 1. The van der Waals surface area contributed by atoms with Crippen LogP contribution in [-0.2, 0) is 0 Å². The van der Waals surface area contributed by atoms with Gasteiger partial charge in [-0.1, -0.05) is 17.7 Å². The lowest BCUT2D eigenvalue weighted by Gasteiger charge is -2.16. The number of fused-ring (bicyclic) bond motifs is 3. The second-order valence-electron chi connectivity index (χ2n) is 4.47. The van der Waals surface area contributed by atoms with E-state index in [4.69, 9.17) is 11.6 Å². The highest BCUT2D eigenvalue weighted by Gasteiger charge is 2.34. The maximum absolute atomic E-state index is 11.9. The molecule has 1 saturated heterocycles. The monoisotopic (exact) mass is 236 g/mol. The van der Waals surface area contributed by atoms with Crippen LogP contribution in [0.4, 0.5) is 0 Å². The van der Waals surface area contributed by atoms with Crippen LogP contribution in [0.2, 0.25) is 5.02 Å². The second kappa shape index (κ2) is 3.75. The van der Waals surface area contributed by atoms with E-state index in [0.29, 0.717) is 16.9 Å². The van der Waals surface area contributed by atoms with Crippen molar-refractivity contribution >= 4 is 17.5 Å². The molecule has 2 heterocycles. The number of hydrogen-bond donors (Lipinski definition) is 2. The van der Waals surface area contributed by atoms with Crippen molar-refractivity contribution in [3.63, 3.8) is 0 Å². The summed E-state index contributed by atoms with van der Waals surface area (Å²) in [5.74, 6) is 0.949.